The molecule has 0 radical (unpaired) electrons. The molecule has 19 heavy (non-hydrogen) atoms. The van der Waals surface area contributed by atoms with Crippen molar-refractivity contribution in [2.75, 3.05) is 12.4 Å². The van der Waals surface area contributed by atoms with Crippen LogP contribution in [0.15, 0.2) is 29.6 Å². The minimum Gasteiger partial charge on any atom is -0.465 e. The Morgan fingerprint density at radius 2 is 2.11 bits per heavy atom. The van der Waals surface area contributed by atoms with Gasteiger partial charge in [-0.15, -0.1) is 11.3 Å². The molecule has 0 atom stereocenters. The van der Waals surface area contributed by atoms with Gasteiger partial charge in [0.15, 0.2) is 0 Å². The number of hydrogen-bond acceptors (Lipinski definition) is 5. The Morgan fingerprint density at radius 1 is 1.32 bits per heavy atom. The molecule has 2 heterocycles. The van der Waals surface area contributed by atoms with Crippen LogP contribution < -0.4 is 5.32 Å². The average Bonchev–Trinajstić information content (AvgIpc) is 2.86. The van der Waals surface area contributed by atoms with Crippen LogP contribution in [0.1, 0.15) is 25.9 Å². The summed E-state index contributed by atoms with van der Waals surface area (Å²) in [6, 6.07) is 6.84. The fourth-order valence-electron chi connectivity index (χ4n) is 1.51. The number of carbonyl (C=O) groups excluding carboxylic acids is 2. The molecule has 2 aromatic heterocycles. The average molecular weight is 276 g/mol. The minimum absolute atomic E-state index is 0.307. The SMILES string of the molecule is COC(=O)c1sccc1NC(=O)c1cccc(C)n1. The summed E-state index contributed by atoms with van der Waals surface area (Å²) in [4.78, 5) is 28.0. The molecule has 2 rings (SSSR count). The van der Waals surface area contributed by atoms with Crippen molar-refractivity contribution in [1.29, 1.82) is 0 Å². The van der Waals surface area contributed by atoms with Gasteiger partial charge in [-0.1, -0.05) is 6.07 Å². The Bertz CT molecular complexity index is 622. The third kappa shape index (κ3) is 2.97. The van der Waals surface area contributed by atoms with Gasteiger partial charge < -0.3 is 10.1 Å². The maximum Gasteiger partial charge on any atom is 0.350 e. The number of nitrogens with zero attached hydrogens (tertiary/aromatic N) is 1. The number of anilines is 1. The third-order valence-electron chi connectivity index (χ3n) is 2.41. The lowest BCUT2D eigenvalue weighted by atomic mass is 10.3. The quantitative estimate of drug-likeness (QED) is 0.874. The first kappa shape index (κ1) is 13.2. The number of esters is 1. The highest BCUT2D eigenvalue weighted by molar-refractivity contribution is 7.12. The zero-order valence-corrected chi connectivity index (χ0v) is 11.3. The molecule has 5 nitrogen and oxygen atoms in total. The Kier molecular flexibility index (Phi) is 3.91. The van der Waals surface area contributed by atoms with Gasteiger partial charge >= 0.3 is 5.97 Å². The Morgan fingerprint density at radius 3 is 2.79 bits per heavy atom. The first-order valence-corrected chi connectivity index (χ1v) is 6.40. The molecule has 0 saturated carbocycles. The van der Waals surface area contributed by atoms with Gasteiger partial charge in [-0.3, -0.25) is 4.79 Å². The van der Waals surface area contributed by atoms with E-state index in [1.165, 1.54) is 18.4 Å². The first-order valence-electron chi connectivity index (χ1n) is 5.52. The molecule has 0 bridgehead atoms. The van der Waals surface area contributed by atoms with Crippen LogP contribution in [0, 0.1) is 6.92 Å². The number of carbonyl (C=O) groups is 2. The highest BCUT2D eigenvalue weighted by atomic mass is 32.1. The fraction of sp³-hybridized carbons (Fsp3) is 0.154. The number of pyridine rings is 1. The minimum atomic E-state index is -0.470. The van der Waals surface area contributed by atoms with Crippen molar-refractivity contribution in [3.8, 4) is 0 Å². The molecular weight excluding hydrogens is 264 g/mol. The molecule has 0 aromatic carbocycles. The van der Waals surface area contributed by atoms with Crippen molar-refractivity contribution >= 4 is 28.9 Å². The molecule has 0 spiro atoms. The predicted molar refractivity (Wildman–Crippen MR) is 72.6 cm³/mol. The van der Waals surface area contributed by atoms with Crippen molar-refractivity contribution in [3.05, 3.63) is 45.9 Å². The molecular formula is C13H12N2O3S. The Balaban J connectivity index is 2.20. The number of methoxy groups -OCH3 is 1. The molecule has 0 aliphatic heterocycles. The fourth-order valence-corrected chi connectivity index (χ4v) is 2.28. The van der Waals surface area contributed by atoms with Gasteiger partial charge in [0.25, 0.3) is 5.91 Å². The summed E-state index contributed by atoms with van der Waals surface area (Å²) in [5.74, 6) is -0.824. The predicted octanol–water partition coefficient (Wildman–Crippen LogP) is 2.49. The second-order valence-electron chi connectivity index (χ2n) is 3.77. The summed E-state index contributed by atoms with van der Waals surface area (Å²) in [5, 5.41) is 4.37. The summed E-state index contributed by atoms with van der Waals surface area (Å²) < 4.78 is 4.65. The van der Waals surface area contributed by atoms with E-state index in [1.54, 1.807) is 36.6 Å². The lowest BCUT2D eigenvalue weighted by Crippen LogP contribution is -2.15. The third-order valence-corrected chi connectivity index (χ3v) is 3.30. The maximum absolute atomic E-state index is 12.0. The van der Waals surface area contributed by atoms with Crippen LogP contribution in [0.5, 0.6) is 0 Å². The van der Waals surface area contributed by atoms with Gasteiger partial charge in [0, 0.05) is 5.69 Å². The molecule has 1 N–H and O–H groups in total. The van der Waals surface area contributed by atoms with E-state index in [0.29, 0.717) is 16.3 Å². The van der Waals surface area contributed by atoms with Crippen LogP contribution in [-0.2, 0) is 4.74 Å². The molecule has 2 aromatic rings. The number of thiophene rings is 1. The van der Waals surface area contributed by atoms with Crippen molar-refractivity contribution in [3.63, 3.8) is 0 Å². The number of amides is 1. The van der Waals surface area contributed by atoms with Crippen molar-refractivity contribution < 1.29 is 14.3 Å². The van der Waals surface area contributed by atoms with Gasteiger partial charge in [-0.05, 0) is 30.5 Å². The summed E-state index contributed by atoms with van der Waals surface area (Å²) in [5.41, 5.74) is 1.50. The normalized spacial score (nSPS) is 10.0. The molecule has 0 fully saturated rings. The number of aromatic nitrogens is 1. The summed E-state index contributed by atoms with van der Waals surface area (Å²) >= 11 is 1.21. The number of hydrogen-bond donors (Lipinski definition) is 1. The zero-order chi connectivity index (χ0) is 13.8. The van der Waals surface area contributed by atoms with Crippen molar-refractivity contribution in [2.24, 2.45) is 0 Å². The van der Waals surface area contributed by atoms with Crippen LogP contribution in [-0.4, -0.2) is 24.0 Å². The second-order valence-corrected chi connectivity index (χ2v) is 4.69. The van der Waals surface area contributed by atoms with Crippen molar-refractivity contribution in [1.82, 2.24) is 4.98 Å². The Labute approximate surface area is 114 Å². The van der Waals surface area contributed by atoms with E-state index in [-0.39, 0.29) is 5.91 Å². The van der Waals surface area contributed by atoms with E-state index in [9.17, 15) is 9.59 Å². The number of aryl methyl sites for hydroxylation is 1. The summed E-state index contributed by atoms with van der Waals surface area (Å²) in [6.07, 6.45) is 0. The number of rotatable bonds is 3. The number of nitrogens with one attached hydrogen (secondary N) is 1. The number of ether oxygens (including phenoxy) is 1. The van der Waals surface area contributed by atoms with Crippen LogP contribution >= 0.6 is 11.3 Å². The van der Waals surface area contributed by atoms with E-state index in [2.05, 4.69) is 15.0 Å². The van der Waals surface area contributed by atoms with E-state index in [0.717, 1.165) is 5.69 Å². The molecule has 0 unspecified atom stereocenters. The Hall–Kier alpha value is -2.21. The molecule has 0 aliphatic carbocycles. The van der Waals surface area contributed by atoms with Gasteiger partial charge in [0.05, 0.1) is 12.8 Å². The molecule has 0 aliphatic rings. The highest BCUT2D eigenvalue weighted by Crippen LogP contribution is 2.23. The lowest BCUT2D eigenvalue weighted by Gasteiger charge is -2.05. The van der Waals surface area contributed by atoms with Gasteiger partial charge in [0.1, 0.15) is 10.6 Å². The molecule has 0 saturated heterocycles. The topological polar surface area (TPSA) is 68.3 Å². The van der Waals surface area contributed by atoms with Gasteiger partial charge in [0.2, 0.25) is 0 Å². The van der Waals surface area contributed by atoms with Crippen molar-refractivity contribution in [2.45, 2.75) is 6.92 Å². The molecule has 6 heteroatoms. The van der Waals surface area contributed by atoms with E-state index in [1.807, 2.05) is 0 Å². The van der Waals surface area contributed by atoms with E-state index >= 15 is 0 Å². The second kappa shape index (κ2) is 5.62. The molecule has 1 amide bonds. The van der Waals surface area contributed by atoms with Gasteiger partial charge in [-0.2, -0.15) is 0 Å². The summed E-state index contributed by atoms with van der Waals surface area (Å²) in [7, 11) is 1.30. The van der Waals surface area contributed by atoms with E-state index < -0.39 is 5.97 Å². The zero-order valence-electron chi connectivity index (χ0n) is 10.5. The van der Waals surface area contributed by atoms with Crippen LogP contribution in [0.25, 0.3) is 0 Å². The van der Waals surface area contributed by atoms with Gasteiger partial charge in [-0.25, -0.2) is 9.78 Å². The molecule has 98 valence electrons. The lowest BCUT2D eigenvalue weighted by molar-refractivity contribution is 0.0607. The van der Waals surface area contributed by atoms with Crippen LogP contribution in [0.2, 0.25) is 0 Å². The smallest absolute Gasteiger partial charge is 0.350 e. The standard InChI is InChI=1S/C13H12N2O3S/c1-8-4-3-5-10(14-8)12(16)15-9-6-7-19-11(9)13(17)18-2/h3-7H,1-2H3,(H,15,16). The maximum atomic E-state index is 12.0. The first-order chi connectivity index (χ1) is 9.11. The largest absolute Gasteiger partial charge is 0.465 e. The monoisotopic (exact) mass is 276 g/mol. The summed E-state index contributed by atoms with van der Waals surface area (Å²) in [6.45, 7) is 1.81. The van der Waals surface area contributed by atoms with Crippen LogP contribution in [0.4, 0.5) is 5.69 Å². The highest BCUT2D eigenvalue weighted by Gasteiger charge is 2.16. The van der Waals surface area contributed by atoms with Crippen LogP contribution in [0.3, 0.4) is 0 Å². The van der Waals surface area contributed by atoms with E-state index in [4.69, 9.17) is 0 Å².